The third-order valence-electron chi connectivity index (χ3n) is 6.14. The van der Waals surface area contributed by atoms with Crippen molar-refractivity contribution in [3.05, 3.63) is 118 Å². The van der Waals surface area contributed by atoms with Crippen LogP contribution in [0.3, 0.4) is 0 Å². The second kappa shape index (κ2) is 9.90. The van der Waals surface area contributed by atoms with Gasteiger partial charge in [0, 0.05) is 41.5 Å². The molecule has 0 amide bonds. The molecule has 0 unspecified atom stereocenters. The first kappa shape index (κ1) is 24.3. The Morgan fingerprint density at radius 2 is 1.37 bits per heavy atom. The summed E-state index contributed by atoms with van der Waals surface area (Å²) in [6.07, 6.45) is 0. The number of aliphatic imine (C=N–C) groups is 2. The van der Waals surface area contributed by atoms with Crippen LogP contribution < -0.4 is 11.5 Å². The Bertz CT molecular complexity index is 1700. The highest BCUT2D eigenvalue weighted by atomic mass is 16.6. The van der Waals surface area contributed by atoms with Crippen molar-refractivity contribution in [2.75, 3.05) is 11.5 Å². The molecule has 0 spiro atoms. The molecule has 1 aromatic heterocycles. The Morgan fingerprint density at radius 3 is 1.92 bits per heavy atom. The number of benzene rings is 4. The standard InChI is InChI=1S/C29H24N6O3/c1-34-25-16-15-23(35(37)38)17-24(25)26(29(34)36)28(33-22-13-9-20(31)10-14-22)27(18-5-3-2-4-6-18)32-21-11-7-19(30)8-12-21/h2-17,36H,30-31H2,1H3. The SMILES string of the molecule is Cn1c(O)c(C(=Nc2ccc(N)cc2)C(=Nc2ccc(N)cc2)c2ccccc2)c2cc([N+](=O)[O-])ccc21. The van der Waals surface area contributed by atoms with Crippen LogP contribution in [0.2, 0.25) is 0 Å². The molecule has 0 saturated heterocycles. The van der Waals surface area contributed by atoms with Gasteiger partial charge in [-0.15, -0.1) is 0 Å². The largest absolute Gasteiger partial charge is 0.494 e. The van der Waals surface area contributed by atoms with Crippen molar-refractivity contribution in [2.45, 2.75) is 0 Å². The van der Waals surface area contributed by atoms with E-state index < -0.39 is 4.92 Å². The summed E-state index contributed by atoms with van der Waals surface area (Å²) in [4.78, 5) is 21.0. The van der Waals surface area contributed by atoms with Crippen LogP contribution in [0, 0.1) is 10.1 Å². The maximum atomic E-state index is 11.6. The van der Waals surface area contributed by atoms with E-state index in [4.69, 9.17) is 21.5 Å². The lowest BCUT2D eigenvalue weighted by Crippen LogP contribution is -2.17. The quantitative estimate of drug-likeness (QED) is 0.114. The van der Waals surface area contributed by atoms with Crippen LogP contribution in [0.4, 0.5) is 28.4 Å². The van der Waals surface area contributed by atoms with E-state index in [1.165, 1.54) is 12.1 Å². The molecular formula is C29H24N6O3. The van der Waals surface area contributed by atoms with E-state index in [0.717, 1.165) is 5.56 Å². The summed E-state index contributed by atoms with van der Waals surface area (Å²) in [5.74, 6) is -0.101. The molecule has 0 atom stereocenters. The van der Waals surface area contributed by atoms with Gasteiger partial charge >= 0.3 is 0 Å². The molecule has 4 aromatic carbocycles. The minimum absolute atomic E-state index is 0.101. The molecule has 9 nitrogen and oxygen atoms in total. The van der Waals surface area contributed by atoms with E-state index in [-0.39, 0.29) is 11.6 Å². The molecule has 0 saturated carbocycles. The van der Waals surface area contributed by atoms with Gasteiger partial charge < -0.3 is 21.1 Å². The number of rotatable bonds is 6. The van der Waals surface area contributed by atoms with Crippen LogP contribution in [0.25, 0.3) is 10.9 Å². The normalized spacial score (nSPS) is 12.1. The van der Waals surface area contributed by atoms with Gasteiger partial charge in [-0.1, -0.05) is 30.3 Å². The van der Waals surface area contributed by atoms with E-state index in [1.54, 1.807) is 66.2 Å². The third-order valence-corrected chi connectivity index (χ3v) is 6.14. The fraction of sp³-hybridized carbons (Fsp3) is 0.0345. The summed E-state index contributed by atoms with van der Waals surface area (Å²) in [6.45, 7) is 0. The Labute approximate surface area is 218 Å². The van der Waals surface area contributed by atoms with Gasteiger partial charge in [-0.25, -0.2) is 9.98 Å². The lowest BCUT2D eigenvalue weighted by Gasteiger charge is -2.12. The monoisotopic (exact) mass is 504 g/mol. The zero-order valence-electron chi connectivity index (χ0n) is 20.4. The molecule has 188 valence electrons. The first-order valence-corrected chi connectivity index (χ1v) is 11.7. The van der Waals surface area contributed by atoms with E-state index >= 15 is 0 Å². The smallest absolute Gasteiger partial charge is 0.270 e. The number of aromatic hydroxyl groups is 1. The predicted octanol–water partition coefficient (Wildman–Crippen LogP) is 5.90. The van der Waals surface area contributed by atoms with Crippen LogP contribution >= 0.6 is 0 Å². The van der Waals surface area contributed by atoms with Gasteiger partial charge in [-0.2, -0.15) is 0 Å². The number of nitro groups is 1. The third kappa shape index (κ3) is 4.68. The first-order valence-electron chi connectivity index (χ1n) is 11.7. The maximum absolute atomic E-state index is 11.6. The fourth-order valence-electron chi connectivity index (χ4n) is 4.20. The molecule has 0 radical (unpaired) electrons. The Kier molecular flexibility index (Phi) is 6.32. The van der Waals surface area contributed by atoms with E-state index in [9.17, 15) is 15.2 Å². The van der Waals surface area contributed by atoms with E-state index in [0.29, 0.717) is 50.6 Å². The van der Waals surface area contributed by atoms with Crippen molar-refractivity contribution in [1.29, 1.82) is 0 Å². The number of aryl methyl sites for hydroxylation is 1. The molecule has 0 bridgehead atoms. The second-order valence-corrected chi connectivity index (χ2v) is 8.69. The van der Waals surface area contributed by atoms with Crippen molar-refractivity contribution in [1.82, 2.24) is 4.57 Å². The molecule has 5 N–H and O–H groups in total. The van der Waals surface area contributed by atoms with Gasteiger partial charge in [0.05, 0.1) is 33.1 Å². The number of nitro benzene ring substituents is 1. The number of hydrogen-bond acceptors (Lipinski definition) is 7. The lowest BCUT2D eigenvalue weighted by molar-refractivity contribution is -0.384. The number of anilines is 2. The topological polar surface area (TPSA) is 145 Å². The van der Waals surface area contributed by atoms with Crippen molar-refractivity contribution in [3.8, 4) is 5.88 Å². The molecular weight excluding hydrogens is 480 g/mol. The van der Waals surface area contributed by atoms with E-state index in [2.05, 4.69) is 0 Å². The highest BCUT2D eigenvalue weighted by molar-refractivity contribution is 6.56. The molecule has 0 aliphatic heterocycles. The van der Waals surface area contributed by atoms with Gasteiger partial charge in [0.2, 0.25) is 5.88 Å². The van der Waals surface area contributed by atoms with Gasteiger partial charge in [0.15, 0.2) is 0 Å². The number of nitrogen functional groups attached to an aromatic ring is 2. The average Bonchev–Trinajstić information content (AvgIpc) is 3.17. The van der Waals surface area contributed by atoms with Crippen LogP contribution in [-0.4, -0.2) is 26.0 Å². The molecule has 0 fully saturated rings. The van der Waals surface area contributed by atoms with Crippen LogP contribution in [-0.2, 0) is 7.05 Å². The minimum atomic E-state index is -0.468. The predicted molar refractivity (Wildman–Crippen MR) is 152 cm³/mol. The molecule has 5 rings (SSSR count). The second-order valence-electron chi connectivity index (χ2n) is 8.69. The van der Waals surface area contributed by atoms with Gasteiger partial charge in [-0.3, -0.25) is 10.1 Å². The molecule has 38 heavy (non-hydrogen) atoms. The van der Waals surface area contributed by atoms with Crippen molar-refractivity contribution >= 4 is 50.8 Å². The first-order chi connectivity index (χ1) is 18.3. The lowest BCUT2D eigenvalue weighted by atomic mass is 9.98. The number of fused-ring (bicyclic) bond motifs is 1. The fourth-order valence-corrected chi connectivity index (χ4v) is 4.20. The molecule has 0 aliphatic rings. The summed E-state index contributed by atoms with van der Waals surface area (Å²) in [5.41, 5.74) is 16.5. The van der Waals surface area contributed by atoms with E-state index in [1.807, 2.05) is 30.3 Å². The van der Waals surface area contributed by atoms with Crippen LogP contribution in [0.15, 0.2) is 107 Å². The minimum Gasteiger partial charge on any atom is -0.494 e. The number of non-ortho nitro benzene ring substituents is 1. The summed E-state index contributed by atoms with van der Waals surface area (Å²) in [6, 6.07) is 27.9. The highest BCUT2D eigenvalue weighted by Crippen LogP contribution is 2.35. The van der Waals surface area contributed by atoms with Gasteiger partial charge in [0.25, 0.3) is 5.69 Å². The van der Waals surface area contributed by atoms with Gasteiger partial charge in [0.1, 0.15) is 5.71 Å². The van der Waals surface area contributed by atoms with Crippen LogP contribution in [0.1, 0.15) is 11.1 Å². The molecule has 1 heterocycles. The summed E-state index contributed by atoms with van der Waals surface area (Å²) < 4.78 is 1.57. The number of hydrogen-bond donors (Lipinski definition) is 3. The molecule has 0 aliphatic carbocycles. The summed E-state index contributed by atoms with van der Waals surface area (Å²) >= 11 is 0. The zero-order chi connectivity index (χ0) is 26.8. The Balaban J connectivity index is 1.87. The van der Waals surface area contributed by atoms with Crippen molar-refractivity contribution < 1.29 is 10.0 Å². The molecule has 5 aromatic rings. The van der Waals surface area contributed by atoms with Crippen LogP contribution in [0.5, 0.6) is 5.88 Å². The highest BCUT2D eigenvalue weighted by Gasteiger charge is 2.26. The van der Waals surface area contributed by atoms with Crippen molar-refractivity contribution in [3.63, 3.8) is 0 Å². The Hall–Kier alpha value is -5.44. The number of nitrogens with two attached hydrogens (primary N) is 2. The number of nitrogens with zero attached hydrogens (tertiary/aromatic N) is 4. The van der Waals surface area contributed by atoms with Crippen molar-refractivity contribution in [2.24, 2.45) is 17.0 Å². The summed E-state index contributed by atoms with van der Waals surface area (Å²) in [7, 11) is 1.69. The zero-order valence-corrected chi connectivity index (χ0v) is 20.4. The summed E-state index contributed by atoms with van der Waals surface area (Å²) in [5, 5.41) is 23.5. The Morgan fingerprint density at radius 1 is 0.816 bits per heavy atom. The number of aromatic nitrogens is 1. The maximum Gasteiger partial charge on any atom is 0.270 e. The van der Waals surface area contributed by atoms with Gasteiger partial charge in [-0.05, 0) is 54.6 Å². The molecule has 9 heteroatoms. The average molecular weight is 505 g/mol.